The number of nitrogens with one attached hydrogen (secondary N) is 1. The van der Waals surface area contributed by atoms with Crippen LogP contribution in [0.3, 0.4) is 0 Å². The third-order valence-electron chi connectivity index (χ3n) is 3.51. The van der Waals surface area contributed by atoms with Crippen LogP contribution in [-0.2, 0) is 12.7 Å². The maximum Gasteiger partial charge on any atom is 0.418 e. The van der Waals surface area contributed by atoms with Gasteiger partial charge < -0.3 is 10.2 Å². The van der Waals surface area contributed by atoms with Crippen molar-refractivity contribution in [2.45, 2.75) is 26.1 Å². The second kappa shape index (κ2) is 7.40. The van der Waals surface area contributed by atoms with Crippen LogP contribution in [0.25, 0.3) is 0 Å². The van der Waals surface area contributed by atoms with Gasteiger partial charge in [-0.3, -0.25) is 0 Å². The van der Waals surface area contributed by atoms with Gasteiger partial charge in [-0.25, -0.2) is 0 Å². The number of nitrogens with zero attached hydrogens (tertiary/aromatic N) is 1. The zero-order valence-electron chi connectivity index (χ0n) is 12.2. The van der Waals surface area contributed by atoms with E-state index in [4.69, 9.17) is 0 Å². The summed E-state index contributed by atoms with van der Waals surface area (Å²) < 4.78 is 40.1. The molecule has 1 heterocycles. The Morgan fingerprint density at radius 3 is 2.76 bits per heavy atom. The fraction of sp³-hybridized carbons (Fsp3) is 0.600. The average molecular weight is 318 g/mol. The van der Waals surface area contributed by atoms with E-state index < -0.39 is 11.7 Å². The van der Waals surface area contributed by atoms with Gasteiger partial charge in [-0.1, -0.05) is 13.0 Å². The van der Waals surface area contributed by atoms with E-state index in [0.717, 1.165) is 24.5 Å². The fourth-order valence-electron chi connectivity index (χ4n) is 2.45. The van der Waals surface area contributed by atoms with Crippen LogP contribution in [0.15, 0.2) is 18.2 Å². The van der Waals surface area contributed by atoms with Gasteiger partial charge in [0.2, 0.25) is 0 Å². The van der Waals surface area contributed by atoms with Gasteiger partial charge in [0, 0.05) is 31.1 Å². The molecule has 0 radical (unpaired) electrons. The summed E-state index contributed by atoms with van der Waals surface area (Å²) in [5.41, 5.74) is 0.493. The molecule has 1 aromatic rings. The van der Waals surface area contributed by atoms with Crippen LogP contribution in [-0.4, -0.2) is 31.1 Å². The molecule has 1 aliphatic heterocycles. The summed E-state index contributed by atoms with van der Waals surface area (Å²) >= 11 is 1.81. The largest absolute Gasteiger partial charge is 0.418 e. The van der Waals surface area contributed by atoms with Gasteiger partial charge in [-0.05, 0) is 36.4 Å². The van der Waals surface area contributed by atoms with E-state index in [-0.39, 0.29) is 0 Å². The lowest BCUT2D eigenvalue weighted by Crippen LogP contribution is -2.28. The predicted octanol–water partition coefficient (Wildman–Crippen LogP) is 3.76. The zero-order chi connectivity index (χ0) is 15.3. The van der Waals surface area contributed by atoms with E-state index >= 15 is 0 Å². The number of benzene rings is 1. The Bertz CT molecular complexity index is 455. The Labute approximate surface area is 128 Å². The highest BCUT2D eigenvalue weighted by atomic mass is 32.2. The number of hydrogen-bond acceptors (Lipinski definition) is 3. The molecule has 0 bridgehead atoms. The molecule has 21 heavy (non-hydrogen) atoms. The van der Waals surface area contributed by atoms with Crippen LogP contribution in [0.4, 0.5) is 18.9 Å². The van der Waals surface area contributed by atoms with E-state index in [1.165, 1.54) is 6.07 Å². The summed E-state index contributed by atoms with van der Waals surface area (Å²) in [7, 11) is 0. The van der Waals surface area contributed by atoms with E-state index in [2.05, 4.69) is 5.32 Å². The number of halogens is 3. The smallest absolute Gasteiger partial charge is 0.370 e. The number of alkyl halides is 3. The molecule has 1 aliphatic rings. The van der Waals surface area contributed by atoms with Gasteiger partial charge in [0.25, 0.3) is 0 Å². The molecular weight excluding hydrogens is 297 g/mol. The van der Waals surface area contributed by atoms with Gasteiger partial charge in [-0.15, -0.1) is 0 Å². The van der Waals surface area contributed by atoms with E-state index in [1.807, 2.05) is 23.6 Å². The lowest BCUT2D eigenvalue weighted by molar-refractivity contribution is -0.137. The first kappa shape index (κ1) is 16.5. The number of rotatable bonds is 4. The van der Waals surface area contributed by atoms with Crippen LogP contribution in [0.5, 0.6) is 0 Å². The van der Waals surface area contributed by atoms with Crippen molar-refractivity contribution in [2.75, 3.05) is 36.0 Å². The van der Waals surface area contributed by atoms with Crippen molar-refractivity contribution in [1.82, 2.24) is 5.32 Å². The molecule has 0 aliphatic carbocycles. The van der Waals surface area contributed by atoms with Crippen molar-refractivity contribution >= 4 is 17.4 Å². The molecule has 1 aromatic carbocycles. The third kappa shape index (κ3) is 4.54. The van der Waals surface area contributed by atoms with Crippen LogP contribution >= 0.6 is 11.8 Å². The molecule has 0 spiro atoms. The van der Waals surface area contributed by atoms with E-state index in [0.29, 0.717) is 30.9 Å². The van der Waals surface area contributed by atoms with Crippen LogP contribution in [0.1, 0.15) is 24.5 Å². The Balaban J connectivity index is 2.30. The Hall–Kier alpha value is -0.880. The summed E-state index contributed by atoms with van der Waals surface area (Å²) in [5.74, 6) is 1.91. The molecular formula is C15H21F3N2S. The first-order valence-corrected chi connectivity index (χ1v) is 8.41. The molecule has 1 saturated heterocycles. The van der Waals surface area contributed by atoms with Gasteiger partial charge in [0.15, 0.2) is 0 Å². The van der Waals surface area contributed by atoms with Gasteiger partial charge in [0.05, 0.1) is 5.56 Å². The van der Waals surface area contributed by atoms with Gasteiger partial charge in [-0.2, -0.15) is 24.9 Å². The molecule has 6 heteroatoms. The van der Waals surface area contributed by atoms with Crippen LogP contribution in [0, 0.1) is 0 Å². The summed E-state index contributed by atoms with van der Waals surface area (Å²) in [5, 5.41) is 3.07. The maximum absolute atomic E-state index is 13.4. The van der Waals surface area contributed by atoms with Gasteiger partial charge >= 0.3 is 6.18 Å². The maximum atomic E-state index is 13.4. The van der Waals surface area contributed by atoms with E-state index in [9.17, 15) is 13.2 Å². The lowest BCUT2D eigenvalue weighted by atomic mass is 10.1. The topological polar surface area (TPSA) is 15.3 Å². The van der Waals surface area contributed by atoms with Crippen molar-refractivity contribution in [3.8, 4) is 0 Å². The Morgan fingerprint density at radius 1 is 1.24 bits per heavy atom. The molecule has 118 valence electrons. The normalized spacial score (nSPS) is 16.9. The Morgan fingerprint density at radius 2 is 2.05 bits per heavy atom. The molecule has 0 aromatic heterocycles. The highest BCUT2D eigenvalue weighted by Gasteiger charge is 2.35. The fourth-order valence-corrected chi connectivity index (χ4v) is 3.34. The summed E-state index contributed by atoms with van der Waals surface area (Å²) in [6.45, 7) is 4.53. The SMILES string of the molecule is CCNCc1ccc(N2CCCSCC2)c(C(F)(F)F)c1. The Kier molecular flexibility index (Phi) is 5.81. The van der Waals surface area contributed by atoms with Crippen molar-refractivity contribution < 1.29 is 13.2 Å². The summed E-state index contributed by atoms with van der Waals surface area (Å²) in [4.78, 5) is 1.87. The molecule has 2 rings (SSSR count). The highest BCUT2D eigenvalue weighted by Crippen LogP contribution is 2.37. The van der Waals surface area contributed by atoms with Crippen LogP contribution < -0.4 is 10.2 Å². The second-order valence-corrected chi connectivity index (χ2v) is 6.31. The van der Waals surface area contributed by atoms with Crippen molar-refractivity contribution in [3.63, 3.8) is 0 Å². The van der Waals surface area contributed by atoms with E-state index in [1.54, 1.807) is 12.1 Å². The average Bonchev–Trinajstić information content (AvgIpc) is 2.73. The molecule has 0 unspecified atom stereocenters. The molecule has 1 N–H and O–H groups in total. The number of hydrogen-bond donors (Lipinski definition) is 1. The zero-order valence-corrected chi connectivity index (χ0v) is 13.0. The first-order chi connectivity index (χ1) is 10.0. The standard InChI is InChI=1S/C15H21F3N2S/c1-2-19-11-12-4-5-14(13(10-12)15(16,17)18)20-6-3-8-21-9-7-20/h4-5,10,19H,2-3,6-9,11H2,1H3. The summed E-state index contributed by atoms with van der Waals surface area (Å²) in [6, 6.07) is 4.72. The van der Waals surface area contributed by atoms with Gasteiger partial charge in [0.1, 0.15) is 0 Å². The molecule has 0 saturated carbocycles. The second-order valence-electron chi connectivity index (χ2n) is 5.08. The quantitative estimate of drug-likeness (QED) is 0.910. The summed E-state index contributed by atoms with van der Waals surface area (Å²) in [6.07, 6.45) is -3.38. The predicted molar refractivity (Wildman–Crippen MR) is 83.0 cm³/mol. The van der Waals surface area contributed by atoms with Crippen molar-refractivity contribution in [3.05, 3.63) is 29.3 Å². The number of anilines is 1. The minimum absolute atomic E-state index is 0.324. The minimum atomic E-state index is -4.31. The molecule has 0 amide bonds. The molecule has 2 nitrogen and oxygen atoms in total. The number of thioether (sulfide) groups is 1. The van der Waals surface area contributed by atoms with Crippen molar-refractivity contribution in [2.24, 2.45) is 0 Å². The first-order valence-electron chi connectivity index (χ1n) is 7.26. The molecule has 0 atom stereocenters. The molecule has 1 fully saturated rings. The minimum Gasteiger partial charge on any atom is -0.370 e. The highest BCUT2D eigenvalue weighted by molar-refractivity contribution is 7.99. The van der Waals surface area contributed by atoms with Crippen LogP contribution in [0.2, 0.25) is 0 Å². The monoisotopic (exact) mass is 318 g/mol. The van der Waals surface area contributed by atoms with Crippen molar-refractivity contribution in [1.29, 1.82) is 0 Å². The lowest BCUT2D eigenvalue weighted by Gasteiger charge is -2.26. The third-order valence-corrected chi connectivity index (χ3v) is 4.56.